The van der Waals surface area contributed by atoms with Gasteiger partial charge in [-0.1, -0.05) is 20.8 Å². The summed E-state index contributed by atoms with van der Waals surface area (Å²) in [6.45, 7) is 9.43. The normalized spacial score (nSPS) is 53.9. The predicted molar refractivity (Wildman–Crippen MR) is 87.3 cm³/mol. The van der Waals surface area contributed by atoms with Gasteiger partial charge in [-0.15, -0.1) is 0 Å². The van der Waals surface area contributed by atoms with Crippen LogP contribution in [0.1, 0.15) is 79.1 Å². The highest BCUT2D eigenvalue weighted by Crippen LogP contribution is 2.70. The first kappa shape index (κ1) is 15.0. The van der Waals surface area contributed by atoms with E-state index in [9.17, 15) is 4.79 Å². The Labute approximate surface area is 135 Å². The third-order valence-electron chi connectivity index (χ3n) is 8.55. The monoisotopic (exact) mass is 304 g/mol. The van der Waals surface area contributed by atoms with E-state index in [0.717, 1.165) is 30.6 Å². The standard InChI is InChI=1S/C20H32O2/c1-13(2)14-8-11-19(4)15(12-14)6-7-16-18(3)9-5-10-20(16,19)22-17(18)21/h13-16H,5-12H2,1-4H3/t14-,15-,16?,18-,19-,20+/m1/s1. The molecule has 4 aliphatic rings. The number of carbonyl (C=O) groups excluding carboxylic acids is 1. The maximum atomic E-state index is 12.7. The van der Waals surface area contributed by atoms with Crippen LogP contribution in [0.25, 0.3) is 0 Å². The summed E-state index contributed by atoms with van der Waals surface area (Å²) >= 11 is 0. The third kappa shape index (κ3) is 1.60. The molecule has 1 heterocycles. The lowest BCUT2D eigenvalue weighted by atomic mass is 9.43. The van der Waals surface area contributed by atoms with Gasteiger partial charge in [-0.3, -0.25) is 4.79 Å². The molecule has 1 aliphatic heterocycles. The first-order valence-corrected chi connectivity index (χ1v) is 9.57. The van der Waals surface area contributed by atoms with Crippen molar-refractivity contribution < 1.29 is 9.53 Å². The van der Waals surface area contributed by atoms with Crippen molar-refractivity contribution in [1.82, 2.24) is 0 Å². The van der Waals surface area contributed by atoms with Crippen LogP contribution in [-0.2, 0) is 9.53 Å². The zero-order chi connectivity index (χ0) is 15.8. The summed E-state index contributed by atoms with van der Waals surface area (Å²) in [5.74, 6) is 3.04. The van der Waals surface area contributed by atoms with E-state index in [1.165, 1.54) is 38.5 Å². The van der Waals surface area contributed by atoms with E-state index in [2.05, 4.69) is 27.7 Å². The minimum Gasteiger partial charge on any atom is -0.458 e. The van der Waals surface area contributed by atoms with Gasteiger partial charge in [0.1, 0.15) is 5.60 Å². The molecule has 0 aromatic carbocycles. The Morgan fingerprint density at radius 3 is 2.59 bits per heavy atom. The highest BCUT2D eigenvalue weighted by molar-refractivity contribution is 5.81. The highest BCUT2D eigenvalue weighted by atomic mass is 16.6. The van der Waals surface area contributed by atoms with E-state index in [1.54, 1.807) is 0 Å². The summed E-state index contributed by atoms with van der Waals surface area (Å²) in [6, 6.07) is 0. The van der Waals surface area contributed by atoms with Crippen molar-refractivity contribution in [2.24, 2.45) is 34.5 Å². The molecule has 4 rings (SSSR count). The summed E-state index contributed by atoms with van der Waals surface area (Å²) in [6.07, 6.45) is 9.83. The fourth-order valence-corrected chi connectivity index (χ4v) is 6.98. The molecule has 22 heavy (non-hydrogen) atoms. The van der Waals surface area contributed by atoms with Gasteiger partial charge in [-0.2, -0.15) is 0 Å². The zero-order valence-corrected chi connectivity index (χ0v) is 14.8. The minimum atomic E-state index is -0.179. The Balaban J connectivity index is 1.72. The molecule has 2 bridgehead atoms. The molecular weight excluding hydrogens is 272 g/mol. The SMILES string of the molecule is CC(C)[C@@H]1CC[C@]2(C)[C@H](CCC3[C@@]4(C)CCC[C@]32OC4=O)C1. The molecule has 0 N–H and O–H groups in total. The highest BCUT2D eigenvalue weighted by Gasteiger charge is 2.73. The summed E-state index contributed by atoms with van der Waals surface area (Å²) in [7, 11) is 0. The van der Waals surface area contributed by atoms with Crippen LogP contribution in [-0.4, -0.2) is 11.6 Å². The quantitative estimate of drug-likeness (QED) is 0.640. The van der Waals surface area contributed by atoms with Crippen LogP contribution < -0.4 is 0 Å². The van der Waals surface area contributed by atoms with Gasteiger partial charge in [0.15, 0.2) is 0 Å². The van der Waals surface area contributed by atoms with Gasteiger partial charge in [0, 0.05) is 11.3 Å². The molecule has 0 amide bonds. The summed E-state index contributed by atoms with van der Waals surface area (Å²) in [5, 5.41) is 0. The van der Waals surface area contributed by atoms with Crippen LogP contribution in [0.4, 0.5) is 0 Å². The van der Waals surface area contributed by atoms with Gasteiger partial charge >= 0.3 is 5.97 Å². The molecule has 1 saturated heterocycles. The summed E-state index contributed by atoms with van der Waals surface area (Å²) in [5.41, 5.74) is -0.0712. The fourth-order valence-electron chi connectivity index (χ4n) is 6.98. The Morgan fingerprint density at radius 2 is 1.86 bits per heavy atom. The van der Waals surface area contributed by atoms with E-state index in [-0.39, 0.29) is 22.4 Å². The van der Waals surface area contributed by atoms with Crippen LogP contribution in [0, 0.1) is 34.5 Å². The molecule has 0 aromatic rings. The Kier molecular flexibility index (Phi) is 3.08. The van der Waals surface area contributed by atoms with Crippen molar-refractivity contribution in [3.8, 4) is 0 Å². The molecule has 4 fully saturated rings. The lowest BCUT2D eigenvalue weighted by Crippen LogP contribution is -2.62. The zero-order valence-electron chi connectivity index (χ0n) is 14.8. The number of ether oxygens (including phenoxy) is 1. The second-order valence-electron chi connectivity index (χ2n) is 9.57. The molecular formula is C20H32O2. The number of rotatable bonds is 1. The Morgan fingerprint density at radius 1 is 1.09 bits per heavy atom. The molecule has 0 spiro atoms. The average Bonchev–Trinajstić information content (AvgIpc) is 2.59. The molecule has 2 nitrogen and oxygen atoms in total. The van der Waals surface area contributed by atoms with E-state index < -0.39 is 0 Å². The van der Waals surface area contributed by atoms with Gasteiger partial charge in [-0.25, -0.2) is 0 Å². The number of hydrogen-bond donors (Lipinski definition) is 0. The van der Waals surface area contributed by atoms with E-state index >= 15 is 0 Å². The van der Waals surface area contributed by atoms with Crippen molar-refractivity contribution in [2.45, 2.75) is 84.7 Å². The van der Waals surface area contributed by atoms with Gasteiger partial charge in [0.25, 0.3) is 0 Å². The van der Waals surface area contributed by atoms with Crippen LogP contribution in [0.15, 0.2) is 0 Å². The predicted octanol–water partition coefficient (Wildman–Crippen LogP) is 4.96. The molecule has 3 saturated carbocycles. The topological polar surface area (TPSA) is 26.3 Å². The fraction of sp³-hybridized carbons (Fsp3) is 0.950. The smallest absolute Gasteiger partial charge is 0.312 e. The Bertz CT molecular complexity index is 498. The number of esters is 1. The second kappa shape index (κ2) is 4.51. The van der Waals surface area contributed by atoms with Crippen molar-refractivity contribution in [3.05, 3.63) is 0 Å². The summed E-state index contributed by atoms with van der Waals surface area (Å²) < 4.78 is 6.31. The number of fused-ring (bicyclic) bond motifs is 1. The molecule has 6 atom stereocenters. The van der Waals surface area contributed by atoms with Gasteiger partial charge in [-0.05, 0) is 76.0 Å². The van der Waals surface area contributed by atoms with Crippen molar-refractivity contribution in [2.75, 3.05) is 0 Å². The van der Waals surface area contributed by atoms with Gasteiger partial charge < -0.3 is 4.74 Å². The van der Waals surface area contributed by atoms with E-state index in [1.807, 2.05) is 0 Å². The van der Waals surface area contributed by atoms with Crippen molar-refractivity contribution in [3.63, 3.8) is 0 Å². The molecule has 2 heteroatoms. The Hall–Kier alpha value is -0.530. The van der Waals surface area contributed by atoms with Crippen LogP contribution in [0.3, 0.4) is 0 Å². The van der Waals surface area contributed by atoms with Crippen LogP contribution in [0.2, 0.25) is 0 Å². The van der Waals surface area contributed by atoms with Crippen molar-refractivity contribution in [1.29, 1.82) is 0 Å². The number of carbonyl (C=O) groups is 1. The summed E-state index contributed by atoms with van der Waals surface area (Å²) in [4.78, 5) is 12.7. The van der Waals surface area contributed by atoms with Gasteiger partial charge in [0.05, 0.1) is 5.41 Å². The second-order valence-corrected chi connectivity index (χ2v) is 9.57. The van der Waals surface area contributed by atoms with E-state index in [0.29, 0.717) is 5.92 Å². The van der Waals surface area contributed by atoms with Crippen LogP contribution >= 0.6 is 0 Å². The lowest BCUT2D eigenvalue weighted by Gasteiger charge is -2.61. The number of hydrogen-bond acceptors (Lipinski definition) is 2. The molecule has 0 radical (unpaired) electrons. The first-order valence-electron chi connectivity index (χ1n) is 9.57. The minimum absolute atomic E-state index is 0.123. The molecule has 0 aromatic heterocycles. The molecule has 3 aliphatic carbocycles. The largest absolute Gasteiger partial charge is 0.458 e. The average molecular weight is 304 g/mol. The van der Waals surface area contributed by atoms with Crippen molar-refractivity contribution >= 4 is 5.97 Å². The lowest BCUT2D eigenvalue weighted by molar-refractivity contribution is -0.201. The molecule has 124 valence electrons. The molecule has 1 unspecified atom stereocenters. The maximum absolute atomic E-state index is 12.7. The third-order valence-corrected chi connectivity index (χ3v) is 8.55. The van der Waals surface area contributed by atoms with E-state index in [4.69, 9.17) is 4.74 Å². The first-order chi connectivity index (χ1) is 10.3. The van der Waals surface area contributed by atoms with Crippen LogP contribution in [0.5, 0.6) is 0 Å². The van der Waals surface area contributed by atoms with Gasteiger partial charge in [0.2, 0.25) is 0 Å². The maximum Gasteiger partial charge on any atom is 0.312 e.